The molecule has 0 amide bonds. The van der Waals surface area contributed by atoms with Crippen molar-refractivity contribution < 1.29 is 0 Å². The average molecular weight is 233 g/mol. The largest absolute Gasteiger partial charge is 0.350 e. The quantitative estimate of drug-likeness (QED) is 0.831. The van der Waals surface area contributed by atoms with Gasteiger partial charge in [0.25, 0.3) is 0 Å². The summed E-state index contributed by atoms with van der Waals surface area (Å²) in [7, 11) is 4.06. The lowest BCUT2D eigenvalue weighted by Crippen LogP contribution is -2.37. The van der Waals surface area contributed by atoms with E-state index in [1.165, 1.54) is 0 Å². The van der Waals surface area contributed by atoms with Gasteiger partial charge < -0.3 is 10.2 Å². The molecule has 0 saturated carbocycles. The molecule has 5 heteroatoms. The molecule has 0 aliphatic heterocycles. The molecule has 0 radical (unpaired) electrons. The van der Waals surface area contributed by atoms with E-state index in [0.29, 0.717) is 17.6 Å². The molecule has 1 unspecified atom stereocenters. The number of rotatable bonds is 5. The van der Waals surface area contributed by atoms with Crippen LogP contribution < -0.4 is 5.32 Å². The summed E-state index contributed by atoms with van der Waals surface area (Å²) in [6.45, 7) is 5.20. The molecule has 1 atom stereocenters. The van der Waals surface area contributed by atoms with Gasteiger partial charge in [-0.15, -0.1) is 0 Å². The number of aromatic nitrogens is 2. The van der Waals surface area contributed by atoms with Gasteiger partial charge in [0.05, 0.1) is 0 Å². The second-order valence-corrected chi connectivity index (χ2v) is 4.63. The van der Waals surface area contributed by atoms with E-state index >= 15 is 0 Å². The van der Waals surface area contributed by atoms with Crippen LogP contribution in [0.4, 0.5) is 5.95 Å². The Morgan fingerprint density at radius 2 is 2.18 bits per heavy atom. The van der Waals surface area contributed by atoms with Crippen LogP contribution in [0.1, 0.15) is 19.5 Å². The first-order valence-corrected chi connectivity index (χ1v) is 5.67. The predicted molar refractivity (Wildman–Crippen MR) is 67.5 cm³/mol. The Kier molecular flexibility index (Phi) is 4.85. The van der Waals surface area contributed by atoms with Gasteiger partial charge in [-0.1, -0.05) is 13.8 Å². The molecule has 0 aliphatic rings. The second kappa shape index (κ2) is 6.16. The third-order valence-electron chi connectivity index (χ3n) is 2.45. The Hall–Kier alpha value is -1.67. The highest BCUT2D eigenvalue weighted by Gasteiger charge is 2.15. The van der Waals surface area contributed by atoms with Crippen molar-refractivity contribution in [3.05, 3.63) is 18.0 Å². The topological polar surface area (TPSA) is 64.8 Å². The molecule has 0 aliphatic carbocycles. The zero-order valence-electron chi connectivity index (χ0n) is 10.8. The number of hydrogen-bond donors (Lipinski definition) is 1. The highest BCUT2D eigenvalue weighted by Crippen LogP contribution is 2.09. The number of nitrogens with zero attached hydrogens (tertiary/aromatic N) is 4. The van der Waals surface area contributed by atoms with Crippen molar-refractivity contribution >= 4 is 5.95 Å². The molecule has 5 nitrogen and oxygen atoms in total. The molecule has 1 heterocycles. The summed E-state index contributed by atoms with van der Waals surface area (Å²) in [6, 6.07) is 3.87. The number of anilines is 1. The third-order valence-corrected chi connectivity index (χ3v) is 2.45. The van der Waals surface area contributed by atoms with Crippen molar-refractivity contribution in [2.75, 3.05) is 26.0 Å². The van der Waals surface area contributed by atoms with Crippen molar-refractivity contribution in [1.29, 1.82) is 5.26 Å². The predicted octanol–water partition coefficient (Wildman–Crippen LogP) is 1.35. The normalized spacial score (nSPS) is 12.5. The fourth-order valence-corrected chi connectivity index (χ4v) is 1.47. The minimum atomic E-state index is 0.263. The van der Waals surface area contributed by atoms with Gasteiger partial charge in [-0.3, -0.25) is 0 Å². The maximum Gasteiger partial charge on any atom is 0.224 e. The Bertz CT molecular complexity index is 394. The van der Waals surface area contributed by atoms with Gasteiger partial charge in [0.1, 0.15) is 11.8 Å². The molecular weight excluding hydrogens is 214 g/mol. The molecule has 0 saturated heterocycles. The maximum absolute atomic E-state index is 8.77. The maximum atomic E-state index is 8.77. The van der Waals surface area contributed by atoms with E-state index < -0.39 is 0 Å². The summed E-state index contributed by atoms with van der Waals surface area (Å²) >= 11 is 0. The van der Waals surface area contributed by atoms with Crippen molar-refractivity contribution in [1.82, 2.24) is 14.9 Å². The van der Waals surface area contributed by atoms with Crippen LogP contribution in [0.3, 0.4) is 0 Å². The molecule has 92 valence electrons. The van der Waals surface area contributed by atoms with E-state index in [-0.39, 0.29) is 6.04 Å². The Morgan fingerprint density at radius 1 is 1.47 bits per heavy atom. The van der Waals surface area contributed by atoms with Crippen LogP contribution in [-0.4, -0.2) is 41.5 Å². The smallest absolute Gasteiger partial charge is 0.224 e. The summed E-state index contributed by atoms with van der Waals surface area (Å²) in [4.78, 5) is 10.4. The first-order valence-electron chi connectivity index (χ1n) is 5.67. The fraction of sp³-hybridized carbons (Fsp3) is 0.583. The van der Waals surface area contributed by atoms with E-state index in [1.54, 1.807) is 12.3 Å². The summed E-state index contributed by atoms with van der Waals surface area (Å²) in [5.41, 5.74) is 0.384. The molecule has 0 fully saturated rings. The van der Waals surface area contributed by atoms with E-state index in [2.05, 4.69) is 34.0 Å². The number of nitriles is 1. The summed E-state index contributed by atoms with van der Waals surface area (Å²) in [6.07, 6.45) is 1.60. The number of hydrogen-bond acceptors (Lipinski definition) is 5. The Balaban J connectivity index is 2.75. The molecule has 1 rings (SSSR count). The zero-order chi connectivity index (χ0) is 12.8. The van der Waals surface area contributed by atoms with Crippen LogP contribution in [0.2, 0.25) is 0 Å². The molecule has 0 bridgehead atoms. The van der Waals surface area contributed by atoms with Crippen LogP contribution in [-0.2, 0) is 0 Å². The molecule has 1 aromatic rings. The molecule has 0 spiro atoms. The van der Waals surface area contributed by atoms with Crippen LogP contribution in [0, 0.1) is 17.2 Å². The van der Waals surface area contributed by atoms with Crippen LogP contribution in [0.25, 0.3) is 0 Å². The Labute approximate surface area is 102 Å². The minimum Gasteiger partial charge on any atom is -0.350 e. The van der Waals surface area contributed by atoms with E-state index in [1.807, 2.05) is 20.2 Å². The van der Waals surface area contributed by atoms with Crippen LogP contribution in [0.15, 0.2) is 12.3 Å². The molecule has 1 N–H and O–H groups in total. The minimum absolute atomic E-state index is 0.263. The van der Waals surface area contributed by atoms with Crippen LogP contribution >= 0.6 is 0 Å². The number of nitrogens with one attached hydrogen (secondary N) is 1. The van der Waals surface area contributed by atoms with Gasteiger partial charge in [-0.2, -0.15) is 5.26 Å². The third kappa shape index (κ3) is 4.37. The Morgan fingerprint density at radius 3 is 2.71 bits per heavy atom. The lowest BCUT2D eigenvalue weighted by Gasteiger charge is -2.25. The SMILES string of the molecule is CC(C)C(CN(C)C)Nc1nccc(C#N)n1. The van der Waals surface area contributed by atoms with Crippen molar-refractivity contribution in [3.63, 3.8) is 0 Å². The monoisotopic (exact) mass is 233 g/mol. The molecule has 1 aromatic heterocycles. The van der Waals surface area contributed by atoms with Gasteiger partial charge in [0, 0.05) is 18.8 Å². The van der Waals surface area contributed by atoms with Gasteiger partial charge in [0.15, 0.2) is 0 Å². The van der Waals surface area contributed by atoms with E-state index in [0.717, 1.165) is 6.54 Å². The second-order valence-electron chi connectivity index (χ2n) is 4.63. The summed E-state index contributed by atoms with van der Waals surface area (Å²) in [5, 5.41) is 12.0. The van der Waals surface area contributed by atoms with Gasteiger partial charge in [0.2, 0.25) is 5.95 Å². The summed E-state index contributed by atoms with van der Waals surface area (Å²) in [5.74, 6) is 0.983. The van der Waals surface area contributed by atoms with Crippen molar-refractivity contribution in [2.24, 2.45) is 5.92 Å². The molecule has 17 heavy (non-hydrogen) atoms. The van der Waals surface area contributed by atoms with E-state index in [4.69, 9.17) is 5.26 Å². The summed E-state index contributed by atoms with van der Waals surface area (Å²) < 4.78 is 0. The lowest BCUT2D eigenvalue weighted by molar-refractivity contribution is 0.343. The van der Waals surface area contributed by atoms with Gasteiger partial charge in [-0.05, 0) is 26.1 Å². The molecule has 0 aromatic carbocycles. The van der Waals surface area contributed by atoms with Gasteiger partial charge >= 0.3 is 0 Å². The zero-order valence-corrected chi connectivity index (χ0v) is 10.8. The first kappa shape index (κ1) is 13.4. The van der Waals surface area contributed by atoms with Crippen molar-refractivity contribution in [3.8, 4) is 6.07 Å². The highest BCUT2D eigenvalue weighted by atomic mass is 15.2. The fourth-order valence-electron chi connectivity index (χ4n) is 1.47. The average Bonchev–Trinajstić information content (AvgIpc) is 2.27. The standard InChI is InChI=1S/C12H19N5/c1-9(2)11(8-17(3)4)16-12-14-6-5-10(7-13)15-12/h5-6,9,11H,8H2,1-4H3,(H,14,15,16). The lowest BCUT2D eigenvalue weighted by atomic mass is 10.0. The number of likely N-dealkylation sites (N-methyl/N-ethyl adjacent to an activating group) is 1. The van der Waals surface area contributed by atoms with E-state index in [9.17, 15) is 0 Å². The highest BCUT2D eigenvalue weighted by molar-refractivity contribution is 5.31. The molecular formula is C12H19N5. The van der Waals surface area contributed by atoms with Crippen LogP contribution in [0.5, 0.6) is 0 Å². The van der Waals surface area contributed by atoms with Gasteiger partial charge in [-0.25, -0.2) is 9.97 Å². The van der Waals surface area contributed by atoms with Crippen molar-refractivity contribution in [2.45, 2.75) is 19.9 Å². The first-order chi connectivity index (χ1) is 8.02.